The summed E-state index contributed by atoms with van der Waals surface area (Å²) in [5.74, 6) is 0.0752. The Kier molecular flexibility index (Phi) is 8.07. The van der Waals surface area contributed by atoms with Crippen LogP contribution in [0.15, 0.2) is 60.7 Å². The van der Waals surface area contributed by atoms with Gasteiger partial charge in [0.15, 0.2) is 5.78 Å². The van der Waals surface area contributed by atoms with Crippen LogP contribution in [0.3, 0.4) is 0 Å². The molecule has 0 N–H and O–H groups in total. The van der Waals surface area contributed by atoms with E-state index in [1.54, 1.807) is 0 Å². The van der Waals surface area contributed by atoms with Crippen LogP contribution in [0, 0.1) is 0 Å². The number of hydrogen-bond acceptors (Lipinski definition) is 2. The summed E-state index contributed by atoms with van der Waals surface area (Å²) in [6.07, 6.45) is 0. The van der Waals surface area contributed by atoms with Gasteiger partial charge in [-0.1, -0.05) is 81.4 Å². The van der Waals surface area contributed by atoms with Gasteiger partial charge in [-0.2, -0.15) is 0 Å². The van der Waals surface area contributed by atoms with E-state index in [1.807, 2.05) is 60.7 Å². The minimum atomic E-state index is 0.0752. The van der Waals surface area contributed by atoms with Crippen molar-refractivity contribution in [3.8, 4) is 0 Å². The topological polar surface area (TPSA) is 20.3 Å². The molecule has 0 radical (unpaired) electrons. The van der Waals surface area contributed by atoms with Crippen LogP contribution in [-0.4, -0.2) is 30.3 Å². The molecule has 0 bridgehead atoms. The maximum absolute atomic E-state index is 11.8. The Morgan fingerprint density at radius 1 is 0.714 bits per heavy atom. The summed E-state index contributed by atoms with van der Waals surface area (Å²) >= 11 is 0. The van der Waals surface area contributed by atoms with Crippen molar-refractivity contribution in [3.05, 3.63) is 71.8 Å². The highest BCUT2D eigenvalue weighted by molar-refractivity contribution is 6.08. The van der Waals surface area contributed by atoms with Crippen LogP contribution in [0.5, 0.6) is 0 Å². The summed E-state index contributed by atoms with van der Waals surface area (Å²) < 4.78 is 0. The fourth-order valence-electron chi connectivity index (χ4n) is 2.02. The lowest BCUT2D eigenvalue weighted by Gasteiger charge is -2.13. The molecule has 0 aliphatic heterocycles. The van der Waals surface area contributed by atoms with Gasteiger partial charge in [0.05, 0.1) is 0 Å². The number of nitrogens with zero attached hydrogens (tertiary/aromatic N) is 1. The Bertz CT molecular complexity index is 457. The third kappa shape index (κ3) is 5.92. The van der Waals surface area contributed by atoms with Crippen LogP contribution in [0.25, 0.3) is 0 Å². The molecule has 0 unspecified atom stereocenters. The average Bonchev–Trinajstić information content (AvgIpc) is 2.58. The van der Waals surface area contributed by atoms with E-state index >= 15 is 0 Å². The van der Waals surface area contributed by atoms with Gasteiger partial charge in [-0.05, 0) is 19.6 Å². The lowest BCUT2D eigenvalue weighted by atomic mass is 10.0. The largest absolute Gasteiger partial charge is 0.304 e. The summed E-state index contributed by atoms with van der Waals surface area (Å²) in [5, 5.41) is 0. The quantitative estimate of drug-likeness (QED) is 0.764. The second-order valence-corrected chi connectivity index (χ2v) is 4.68. The van der Waals surface area contributed by atoms with Gasteiger partial charge in [0, 0.05) is 11.1 Å². The Morgan fingerprint density at radius 2 is 1.05 bits per heavy atom. The first-order valence-corrected chi connectivity index (χ1v) is 7.60. The maximum Gasteiger partial charge on any atom is 0.193 e. The lowest BCUT2D eigenvalue weighted by Crippen LogP contribution is -2.21. The maximum atomic E-state index is 11.8. The molecular formula is C19H25NO. The molecule has 2 aromatic carbocycles. The fraction of sp³-hybridized carbons (Fsp3) is 0.316. The van der Waals surface area contributed by atoms with Crippen molar-refractivity contribution >= 4 is 5.78 Å². The van der Waals surface area contributed by atoms with Gasteiger partial charge >= 0.3 is 0 Å². The van der Waals surface area contributed by atoms with E-state index < -0.39 is 0 Å². The first-order valence-electron chi connectivity index (χ1n) is 7.60. The molecule has 0 saturated carbocycles. The molecule has 0 spiro atoms. The predicted octanol–water partition coefficient (Wildman–Crippen LogP) is 4.27. The molecule has 0 heterocycles. The number of benzene rings is 2. The van der Waals surface area contributed by atoms with E-state index in [-0.39, 0.29) is 5.78 Å². The average molecular weight is 283 g/mol. The number of ketones is 1. The molecule has 2 rings (SSSR count). The molecule has 2 heteroatoms. The number of carbonyl (C=O) groups is 1. The first kappa shape index (κ1) is 17.1. The third-order valence-corrected chi connectivity index (χ3v) is 3.41. The van der Waals surface area contributed by atoms with E-state index in [4.69, 9.17) is 0 Å². The normalized spacial score (nSPS) is 9.90. The fourth-order valence-corrected chi connectivity index (χ4v) is 2.02. The minimum absolute atomic E-state index is 0.0752. The Labute approximate surface area is 128 Å². The highest BCUT2D eigenvalue weighted by atomic mass is 16.1. The van der Waals surface area contributed by atoms with E-state index in [0.29, 0.717) is 0 Å². The van der Waals surface area contributed by atoms with E-state index in [1.165, 1.54) is 19.6 Å². The minimum Gasteiger partial charge on any atom is -0.304 e. The lowest BCUT2D eigenvalue weighted by molar-refractivity contribution is 0.103. The van der Waals surface area contributed by atoms with Gasteiger partial charge in [0.25, 0.3) is 0 Å². The van der Waals surface area contributed by atoms with Crippen molar-refractivity contribution in [2.45, 2.75) is 20.8 Å². The van der Waals surface area contributed by atoms with Gasteiger partial charge in [-0.15, -0.1) is 0 Å². The summed E-state index contributed by atoms with van der Waals surface area (Å²) in [5.41, 5.74) is 1.47. The van der Waals surface area contributed by atoms with Gasteiger partial charge in [-0.3, -0.25) is 4.79 Å². The van der Waals surface area contributed by atoms with E-state index in [9.17, 15) is 4.79 Å². The molecule has 0 amide bonds. The molecule has 0 saturated heterocycles. The molecule has 0 aliphatic rings. The van der Waals surface area contributed by atoms with Gasteiger partial charge in [0.1, 0.15) is 0 Å². The Morgan fingerprint density at radius 3 is 1.29 bits per heavy atom. The number of hydrogen-bond donors (Lipinski definition) is 0. The van der Waals surface area contributed by atoms with Crippen LogP contribution in [0.1, 0.15) is 36.7 Å². The zero-order chi connectivity index (χ0) is 15.5. The molecular weight excluding hydrogens is 258 g/mol. The molecule has 21 heavy (non-hydrogen) atoms. The Balaban J connectivity index is 0.000000270. The van der Waals surface area contributed by atoms with Crippen molar-refractivity contribution in [2.75, 3.05) is 19.6 Å². The zero-order valence-electron chi connectivity index (χ0n) is 13.3. The number of carbonyl (C=O) groups excluding carboxylic acids is 1. The SMILES string of the molecule is CCN(CC)CC.O=C(c1ccccc1)c1ccccc1. The number of rotatable bonds is 5. The van der Waals surface area contributed by atoms with Crippen LogP contribution in [0.2, 0.25) is 0 Å². The second-order valence-electron chi connectivity index (χ2n) is 4.68. The third-order valence-electron chi connectivity index (χ3n) is 3.41. The summed E-state index contributed by atoms with van der Waals surface area (Å²) in [7, 11) is 0. The summed E-state index contributed by atoms with van der Waals surface area (Å²) in [6.45, 7) is 10.1. The molecule has 0 aromatic heterocycles. The molecule has 0 fully saturated rings. The van der Waals surface area contributed by atoms with Crippen LogP contribution in [0.4, 0.5) is 0 Å². The smallest absolute Gasteiger partial charge is 0.193 e. The van der Waals surface area contributed by atoms with Gasteiger partial charge in [-0.25, -0.2) is 0 Å². The van der Waals surface area contributed by atoms with Crippen LogP contribution < -0.4 is 0 Å². The van der Waals surface area contributed by atoms with Crippen molar-refractivity contribution in [3.63, 3.8) is 0 Å². The second kappa shape index (κ2) is 9.89. The van der Waals surface area contributed by atoms with E-state index in [2.05, 4.69) is 25.7 Å². The molecule has 2 nitrogen and oxygen atoms in total. The predicted molar refractivity (Wildman–Crippen MR) is 89.8 cm³/mol. The van der Waals surface area contributed by atoms with E-state index in [0.717, 1.165) is 11.1 Å². The van der Waals surface area contributed by atoms with Crippen molar-refractivity contribution < 1.29 is 4.79 Å². The molecule has 2 aromatic rings. The summed E-state index contributed by atoms with van der Waals surface area (Å²) in [4.78, 5) is 14.2. The first-order chi connectivity index (χ1) is 10.2. The highest BCUT2D eigenvalue weighted by Gasteiger charge is 2.06. The molecule has 112 valence electrons. The van der Waals surface area contributed by atoms with Crippen molar-refractivity contribution in [2.24, 2.45) is 0 Å². The monoisotopic (exact) mass is 283 g/mol. The summed E-state index contributed by atoms with van der Waals surface area (Å²) in [6, 6.07) is 18.6. The Hall–Kier alpha value is -1.93. The van der Waals surface area contributed by atoms with Crippen molar-refractivity contribution in [1.29, 1.82) is 0 Å². The molecule has 0 aliphatic carbocycles. The van der Waals surface area contributed by atoms with Crippen molar-refractivity contribution in [1.82, 2.24) is 4.90 Å². The standard InChI is InChI=1S/C13H10O.C6H15N/c14-13(11-7-3-1-4-8-11)12-9-5-2-6-10-12;1-4-7(5-2)6-3/h1-10H;4-6H2,1-3H3. The van der Waals surface area contributed by atoms with Gasteiger partial charge < -0.3 is 4.90 Å². The van der Waals surface area contributed by atoms with Crippen LogP contribution >= 0.6 is 0 Å². The highest BCUT2D eigenvalue weighted by Crippen LogP contribution is 2.08. The zero-order valence-corrected chi connectivity index (χ0v) is 13.3. The van der Waals surface area contributed by atoms with Crippen LogP contribution in [-0.2, 0) is 0 Å². The molecule has 0 atom stereocenters. The van der Waals surface area contributed by atoms with Gasteiger partial charge in [0.2, 0.25) is 0 Å².